The number of carbonyl (C=O) groups is 1. The maximum Gasteiger partial charge on any atom is 0.294 e. The number of carbonyl (C=O) groups excluding carboxylic acids is 1. The summed E-state index contributed by atoms with van der Waals surface area (Å²) in [4.78, 5) is 24.4. The van der Waals surface area contributed by atoms with Crippen LogP contribution in [0.1, 0.15) is 34.6 Å². The smallest absolute Gasteiger partial charge is 0.294 e. The number of non-ortho nitro benzene ring substituents is 1. The summed E-state index contributed by atoms with van der Waals surface area (Å²) in [6.45, 7) is 2.41. The highest BCUT2D eigenvalue weighted by Crippen LogP contribution is 2.15. The summed E-state index contributed by atoms with van der Waals surface area (Å²) in [6, 6.07) is 5.86. The lowest BCUT2D eigenvalue weighted by Gasteiger charge is -2.12. The van der Waals surface area contributed by atoms with Gasteiger partial charge in [0.2, 0.25) is 11.6 Å². The van der Waals surface area contributed by atoms with Gasteiger partial charge in [-0.25, -0.2) is 10.1 Å². The molecular formula is C17H19N10O4+. The van der Waals surface area contributed by atoms with E-state index in [4.69, 9.17) is 5.73 Å². The van der Waals surface area contributed by atoms with Gasteiger partial charge in [0.1, 0.15) is 12.2 Å². The van der Waals surface area contributed by atoms with Crippen molar-refractivity contribution in [1.29, 1.82) is 0 Å². The number of benzene rings is 1. The maximum absolute atomic E-state index is 12.7. The number of hydrazone groups is 1. The maximum atomic E-state index is 12.7. The average molecular weight is 427 g/mol. The van der Waals surface area contributed by atoms with Crippen molar-refractivity contribution in [3.8, 4) is 5.82 Å². The highest BCUT2D eigenvalue weighted by molar-refractivity contribution is 5.94. The van der Waals surface area contributed by atoms with Gasteiger partial charge >= 0.3 is 0 Å². The number of nitro groups is 1. The minimum Gasteiger partial charge on any atom is -0.378 e. The molecule has 4 N–H and O–H groups in total. The normalized spacial score (nSPS) is 14.3. The predicted molar refractivity (Wildman–Crippen MR) is 105 cm³/mol. The highest BCUT2D eigenvalue weighted by atomic mass is 16.6. The van der Waals surface area contributed by atoms with Crippen LogP contribution in [0.25, 0.3) is 5.82 Å². The first kappa shape index (κ1) is 20.1. The van der Waals surface area contributed by atoms with E-state index in [9.17, 15) is 14.9 Å². The number of hydrogen-bond donors (Lipinski definition) is 3. The van der Waals surface area contributed by atoms with Gasteiger partial charge in [-0.1, -0.05) is 17.3 Å². The van der Waals surface area contributed by atoms with Crippen molar-refractivity contribution < 1.29 is 19.2 Å². The van der Waals surface area contributed by atoms with Crippen LogP contribution in [0.4, 0.5) is 11.5 Å². The Hall–Kier alpha value is -4.20. The summed E-state index contributed by atoms with van der Waals surface area (Å²) >= 11 is 0. The quantitative estimate of drug-likeness (QED) is 0.244. The Balaban J connectivity index is 1.56. The predicted octanol–water partition coefficient (Wildman–Crippen LogP) is -0.917. The fourth-order valence-electron chi connectivity index (χ4n) is 3.37. The van der Waals surface area contributed by atoms with Gasteiger partial charge in [0.05, 0.1) is 24.2 Å². The van der Waals surface area contributed by atoms with Crippen molar-refractivity contribution in [3.05, 3.63) is 51.3 Å². The number of nitrogens with one attached hydrogen (secondary N) is 2. The first-order chi connectivity index (χ1) is 15.0. The first-order valence-corrected chi connectivity index (χ1v) is 9.47. The second-order valence-corrected chi connectivity index (χ2v) is 6.95. The largest absolute Gasteiger partial charge is 0.378 e. The number of nitrogen functional groups attached to an aromatic ring is 1. The standard InChI is InChI=1S/C17H18N10O4/c18-15-16(23-31-22-15)26-13(10-25-6-1-2-7-25)14(20-24-26)17(28)21-19-9-11-4-3-5-12(8-11)27(29)30/h3-5,8-9H,1-2,6-7,10H2,(H2,18,22)(H,21,28)/p+1/b19-9-. The van der Waals surface area contributed by atoms with E-state index in [0.717, 1.165) is 25.9 Å². The van der Waals surface area contributed by atoms with E-state index in [1.165, 1.54) is 34.0 Å². The van der Waals surface area contributed by atoms with Gasteiger partial charge in [0, 0.05) is 30.5 Å². The molecule has 3 aromatic rings. The SMILES string of the molecule is Nc1nonc1-n1nnc(C(=O)N/N=C\c2cccc([N+](=O)[O-])c2)c1C[NH+]1CCCC1. The van der Waals surface area contributed by atoms with Gasteiger partial charge in [-0.15, -0.1) is 5.10 Å². The third-order valence-corrected chi connectivity index (χ3v) is 4.86. The zero-order chi connectivity index (χ0) is 21.8. The minimum absolute atomic E-state index is 0.0261. The van der Waals surface area contributed by atoms with Crippen molar-refractivity contribution in [2.75, 3.05) is 18.8 Å². The van der Waals surface area contributed by atoms with Gasteiger partial charge in [-0.05, 0) is 10.3 Å². The van der Waals surface area contributed by atoms with Crippen LogP contribution in [0.3, 0.4) is 0 Å². The molecule has 0 bridgehead atoms. The lowest BCUT2D eigenvalue weighted by molar-refractivity contribution is -0.901. The fraction of sp³-hybridized carbons (Fsp3) is 0.294. The Morgan fingerprint density at radius 3 is 2.90 bits per heavy atom. The van der Waals surface area contributed by atoms with E-state index >= 15 is 0 Å². The highest BCUT2D eigenvalue weighted by Gasteiger charge is 2.28. The molecule has 2 aromatic heterocycles. The second kappa shape index (κ2) is 8.66. The third kappa shape index (κ3) is 4.37. The zero-order valence-electron chi connectivity index (χ0n) is 16.3. The third-order valence-electron chi connectivity index (χ3n) is 4.86. The molecule has 14 nitrogen and oxygen atoms in total. The van der Waals surface area contributed by atoms with E-state index in [0.29, 0.717) is 17.8 Å². The summed E-state index contributed by atoms with van der Waals surface area (Å²) in [5.41, 5.74) is 9.11. The number of quaternary nitrogens is 1. The summed E-state index contributed by atoms with van der Waals surface area (Å²) in [5, 5.41) is 30.0. The molecule has 1 saturated heterocycles. The first-order valence-electron chi connectivity index (χ1n) is 9.47. The van der Waals surface area contributed by atoms with Crippen molar-refractivity contribution >= 4 is 23.6 Å². The Kier molecular flexibility index (Phi) is 5.61. The number of likely N-dealkylation sites (tertiary alicyclic amines) is 1. The molecule has 1 amide bonds. The summed E-state index contributed by atoms with van der Waals surface area (Å²) in [6.07, 6.45) is 3.50. The molecular weight excluding hydrogens is 408 g/mol. The van der Waals surface area contributed by atoms with Crippen molar-refractivity contribution in [1.82, 2.24) is 30.7 Å². The summed E-state index contributed by atoms with van der Waals surface area (Å²) in [7, 11) is 0. The van der Waals surface area contributed by atoms with Gasteiger partial charge in [-0.3, -0.25) is 14.9 Å². The van der Waals surface area contributed by atoms with Crippen LogP contribution in [0, 0.1) is 10.1 Å². The van der Waals surface area contributed by atoms with E-state index in [-0.39, 0.29) is 23.0 Å². The van der Waals surface area contributed by atoms with E-state index in [2.05, 4.69) is 35.8 Å². The molecule has 0 saturated carbocycles. The molecule has 0 radical (unpaired) electrons. The van der Waals surface area contributed by atoms with Gasteiger partial charge in [0.25, 0.3) is 11.6 Å². The van der Waals surface area contributed by atoms with Crippen molar-refractivity contribution in [2.45, 2.75) is 19.4 Å². The molecule has 1 aliphatic rings. The van der Waals surface area contributed by atoms with Crippen LogP contribution >= 0.6 is 0 Å². The monoisotopic (exact) mass is 427 g/mol. The molecule has 1 fully saturated rings. The van der Waals surface area contributed by atoms with Crippen LogP contribution in [0.5, 0.6) is 0 Å². The lowest BCUT2D eigenvalue weighted by Crippen LogP contribution is -3.08. The van der Waals surface area contributed by atoms with Crippen molar-refractivity contribution in [3.63, 3.8) is 0 Å². The number of amides is 1. The average Bonchev–Trinajstić information content (AvgIpc) is 3.50. The number of rotatable bonds is 7. The van der Waals surface area contributed by atoms with Crippen molar-refractivity contribution in [2.24, 2.45) is 5.10 Å². The molecule has 0 aliphatic carbocycles. The van der Waals surface area contributed by atoms with E-state index < -0.39 is 10.8 Å². The molecule has 1 aliphatic heterocycles. The van der Waals surface area contributed by atoms with Gasteiger partial charge in [0.15, 0.2) is 5.69 Å². The minimum atomic E-state index is -0.587. The Morgan fingerprint density at radius 2 is 2.19 bits per heavy atom. The summed E-state index contributed by atoms with van der Waals surface area (Å²) in [5.74, 6) is -0.407. The van der Waals surface area contributed by atoms with Crippen LogP contribution in [-0.4, -0.2) is 55.4 Å². The lowest BCUT2D eigenvalue weighted by atomic mass is 10.2. The topological polar surface area (TPSA) is 185 Å². The molecule has 3 heterocycles. The van der Waals surface area contributed by atoms with Gasteiger partial charge < -0.3 is 10.6 Å². The molecule has 1 aromatic carbocycles. The molecule has 4 rings (SSSR count). The Bertz CT molecular complexity index is 1130. The number of nitro benzene ring substituents is 1. The number of aromatic nitrogens is 5. The van der Waals surface area contributed by atoms with E-state index in [1.54, 1.807) is 6.07 Å². The Labute approximate surface area is 174 Å². The number of anilines is 1. The summed E-state index contributed by atoms with van der Waals surface area (Å²) < 4.78 is 5.99. The molecule has 14 heteroatoms. The van der Waals surface area contributed by atoms with Crippen LogP contribution in [-0.2, 0) is 6.54 Å². The van der Waals surface area contributed by atoms with E-state index in [1.807, 2.05) is 0 Å². The number of hydrogen-bond acceptors (Lipinski definition) is 10. The molecule has 160 valence electrons. The van der Waals surface area contributed by atoms with Crippen LogP contribution in [0.2, 0.25) is 0 Å². The Morgan fingerprint density at radius 1 is 1.39 bits per heavy atom. The van der Waals surface area contributed by atoms with Gasteiger partial charge in [-0.2, -0.15) is 9.78 Å². The zero-order valence-corrected chi connectivity index (χ0v) is 16.3. The molecule has 0 unspecified atom stereocenters. The van der Waals surface area contributed by atoms with Crippen LogP contribution < -0.4 is 16.1 Å². The second-order valence-electron chi connectivity index (χ2n) is 6.95. The number of nitrogens with zero attached hydrogens (tertiary/aromatic N) is 7. The molecule has 0 spiro atoms. The number of nitrogens with two attached hydrogens (primary N) is 1. The van der Waals surface area contributed by atoms with Crippen LogP contribution in [0.15, 0.2) is 34.0 Å². The molecule has 0 atom stereocenters. The fourth-order valence-corrected chi connectivity index (χ4v) is 3.37. The molecule has 31 heavy (non-hydrogen) atoms.